The summed E-state index contributed by atoms with van der Waals surface area (Å²) in [5, 5.41) is 23.1. The van der Waals surface area contributed by atoms with Gasteiger partial charge < -0.3 is 10.2 Å². The molecule has 0 aromatic carbocycles. The molecule has 37 heavy (non-hydrogen) atoms. The molecule has 2 heteroatoms. The molecule has 5 saturated carbocycles. The highest BCUT2D eigenvalue weighted by molar-refractivity contribution is 5.21. The molecule has 5 aliphatic rings. The molecule has 5 fully saturated rings. The molecular weight excluding hydrogens is 452 g/mol. The minimum atomic E-state index is -0.451. The Morgan fingerprint density at radius 3 is 2.11 bits per heavy atom. The zero-order chi connectivity index (χ0) is 27.1. The highest BCUT2D eigenvalue weighted by Crippen LogP contribution is 2.77. The minimum absolute atomic E-state index is 0.0181. The molecule has 2 N–H and O–H groups in total. The van der Waals surface area contributed by atoms with Crippen molar-refractivity contribution in [3.05, 3.63) is 0 Å². The van der Waals surface area contributed by atoms with Gasteiger partial charge in [-0.15, -0.1) is 0 Å². The molecule has 0 aromatic rings. The number of hydrogen-bond donors (Lipinski definition) is 2. The Morgan fingerprint density at radius 2 is 1.49 bits per heavy atom. The quantitative estimate of drug-likeness (QED) is 0.394. The standard InChI is InChI=1S/C35H62O2/c1-20-13-12-16-27-28(18-17-26-14-10-11-15-26)34(8)25(6)33(7)19-21(2)30(24(5)36)32(37)35(33,9)23(4)31(34)22(3)29(20)27/h20-32,36-37H,10-19H2,1-9H3. The van der Waals surface area contributed by atoms with Crippen LogP contribution in [0.25, 0.3) is 0 Å². The summed E-state index contributed by atoms with van der Waals surface area (Å²) in [6, 6.07) is 0. The van der Waals surface area contributed by atoms with Crippen LogP contribution in [-0.2, 0) is 0 Å². The van der Waals surface area contributed by atoms with Crippen LogP contribution in [-0.4, -0.2) is 22.4 Å². The van der Waals surface area contributed by atoms with Gasteiger partial charge in [-0.25, -0.2) is 0 Å². The maximum Gasteiger partial charge on any atom is 0.0657 e. The molecule has 0 aromatic heterocycles. The predicted octanol–water partition coefficient (Wildman–Crippen LogP) is 8.59. The lowest BCUT2D eigenvalue weighted by Crippen LogP contribution is -2.73. The van der Waals surface area contributed by atoms with E-state index in [4.69, 9.17) is 0 Å². The largest absolute Gasteiger partial charge is 0.393 e. The Kier molecular flexibility index (Phi) is 7.52. The topological polar surface area (TPSA) is 40.5 Å². The van der Waals surface area contributed by atoms with Gasteiger partial charge >= 0.3 is 0 Å². The molecule has 0 spiro atoms. The average Bonchev–Trinajstić information content (AvgIpc) is 3.34. The van der Waals surface area contributed by atoms with Gasteiger partial charge in [0, 0.05) is 11.3 Å². The van der Waals surface area contributed by atoms with Gasteiger partial charge in [0.1, 0.15) is 0 Å². The molecule has 0 heterocycles. The molecule has 0 bridgehead atoms. The first kappa shape index (κ1) is 28.4. The van der Waals surface area contributed by atoms with Crippen molar-refractivity contribution in [1.29, 1.82) is 0 Å². The summed E-state index contributed by atoms with van der Waals surface area (Å²) < 4.78 is 0. The maximum atomic E-state index is 12.2. The second-order valence-electron chi connectivity index (χ2n) is 16.4. The summed E-state index contributed by atoms with van der Waals surface area (Å²) in [4.78, 5) is 0. The van der Waals surface area contributed by atoms with E-state index in [1.165, 1.54) is 57.8 Å². The summed E-state index contributed by atoms with van der Waals surface area (Å²) in [7, 11) is 0. The maximum absolute atomic E-state index is 12.2. The van der Waals surface area contributed by atoms with E-state index in [1.54, 1.807) is 0 Å². The molecule has 15 atom stereocenters. The molecule has 5 rings (SSSR count). The third-order valence-electron chi connectivity index (χ3n) is 15.5. The van der Waals surface area contributed by atoms with E-state index in [0.717, 1.165) is 36.0 Å². The molecule has 0 amide bonds. The number of aliphatic hydroxyl groups excluding tert-OH is 2. The molecular formula is C35H62O2. The Labute approximate surface area is 230 Å². The lowest BCUT2D eigenvalue weighted by atomic mass is 9.29. The first-order valence-electron chi connectivity index (χ1n) is 16.7. The molecule has 5 aliphatic carbocycles. The lowest BCUT2D eigenvalue weighted by Gasteiger charge is -2.76. The Morgan fingerprint density at radius 1 is 0.838 bits per heavy atom. The highest BCUT2D eigenvalue weighted by atomic mass is 16.3. The van der Waals surface area contributed by atoms with Gasteiger partial charge in [0.05, 0.1) is 12.2 Å². The molecule has 15 unspecified atom stereocenters. The predicted molar refractivity (Wildman–Crippen MR) is 155 cm³/mol. The molecule has 0 saturated heterocycles. The van der Waals surface area contributed by atoms with Crippen LogP contribution in [0.2, 0.25) is 0 Å². The normalized spacial score (nSPS) is 57.3. The summed E-state index contributed by atoms with van der Waals surface area (Å²) >= 11 is 0. The molecule has 0 aliphatic heterocycles. The third-order valence-corrected chi connectivity index (χ3v) is 15.5. The number of fused-ring (bicyclic) bond motifs is 3. The fourth-order valence-corrected chi connectivity index (χ4v) is 13.5. The summed E-state index contributed by atoms with van der Waals surface area (Å²) in [5.41, 5.74) is 0.237. The summed E-state index contributed by atoms with van der Waals surface area (Å²) in [6.45, 7) is 22.4. The van der Waals surface area contributed by atoms with Crippen LogP contribution in [0.1, 0.15) is 127 Å². The summed E-state index contributed by atoms with van der Waals surface area (Å²) in [6.07, 6.45) is 13.3. The van der Waals surface area contributed by atoms with Crippen molar-refractivity contribution in [2.24, 2.45) is 81.3 Å². The average molecular weight is 515 g/mol. The number of rotatable bonds is 4. The number of aliphatic hydroxyl groups is 2. The Balaban J connectivity index is 1.61. The second-order valence-corrected chi connectivity index (χ2v) is 16.4. The third kappa shape index (κ3) is 3.83. The fraction of sp³-hybridized carbons (Fsp3) is 1.00. The first-order chi connectivity index (χ1) is 17.3. The van der Waals surface area contributed by atoms with Gasteiger partial charge in [-0.2, -0.15) is 0 Å². The fourth-order valence-electron chi connectivity index (χ4n) is 13.5. The van der Waals surface area contributed by atoms with Crippen molar-refractivity contribution in [3.63, 3.8) is 0 Å². The zero-order valence-corrected chi connectivity index (χ0v) is 26.0. The van der Waals surface area contributed by atoms with Crippen molar-refractivity contribution in [2.75, 3.05) is 0 Å². The number of hydrogen-bond acceptors (Lipinski definition) is 2. The van der Waals surface area contributed by atoms with Crippen LogP contribution in [0.3, 0.4) is 0 Å². The van der Waals surface area contributed by atoms with Crippen molar-refractivity contribution in [3.8, 4) is 0 Å². The smallest absolute Gasteiger partial charge is 0.0657 e. The van der Waals surface area contributed by atoms with Crippen molar-refractivity contribution in [1.82, 2.24) is 0 Å². The van der Waals surface area contributed by atoms with Gasteiger partial charge in [0.25, 0.3) is 0 Å². The first-order valence-corrected chi connectivity index (χ1v) is 16.7. The van der Waals surface area contributed by atoms with Gasteiger partial charge in [-0.3, -0.25) is 0 Å². The van der Waals surface area contributed by atoms with Gasteiger partial charge in [-0.05, 0) is 96.2 Å². The van der Waals surface area contributed by atoms with E-state index in [9.17, 15) is 10.2 Å². The van der Waals surface area contributed by atoms with Crippen LogP contribution in [0.5, 0.6) is 0 Å². The summed E-state index contributed by atoms with van der Waals surface area (Å²) in [5.74, 6) is 7.08. The van der Waals surface area contributed by atoms with Crippen LogP contribution in [0.15, 0.2) is 0 Å². The van der Waals surface area contributed by atoms with E-state index in [-0.39, 0.29) is 16.7 Å². The zero-order valence-electron chi connectivity index (χ0n) is 26.0. The lowest BCUT2D eigenvalue weighted by molar-refractivity contribution is -0.307. The Hall–Kier alpha value is -0.0800. The highest BCUT2D eigenvalue weighted by Gasteiger charge is 2.73. The second kappa shape index (κ2) is 9.78. The van der Waals surface area contributed by atoms with Crippen molar-refractivity contribution < 1.29 is 10.2 Å². The van der Waals surface area contributed by atoms with Crippen LogP contribution in [0.4, 0.5) is 0 Å². The van der Waals surface area contributed by atoms with Crippen molar-refractivity contribution >= 4 is 0 Å². The van der Waals surface area contributed by atoms with E-state index in [1.807, 2.05) is 6.92 Å². The van der Waals surface area contributed by atoms with E-state index in [0.29, 0.717) is 35.0 Å². The van der Waals surface area contributed by atoms with E-state index >= 15 is 0 Å². The SMILES string of the molecule is CC(O)C1C(C)CC2(C)C(C)C3(C)C(CCC4CCCC4)C4CCCC(C)C4C(C)C3C(C)C2(C)C1O. The monoisotopic (exact) mass is 514 g/mol. The van der Waals surface area contributed by atoms with Gasteiger partial charge in [0.15, 0.2) is 0 Å². The van der Waals surface area contributed by atoms with Crippen LogP contribution in [0, 0.1) is 81.3 Å². The van der Waals surface area contributed by atoms with E-state index in [2.05, 4.69) is 55.4 Å². The van der Waals surface area contributed by atoms with Gasteiger partial charge in [0.2, 0.25) is 0 Å². The van der Waals surface area contributed by atoms with Crippen LogP contribution >= 0.6 is 0 Å². The van der Waals surface area contributed by atoms with E-state index < -0.39 is 12.2 Å². The Bertz CT molecular complexity index is 816. The molecule has 214 valence electrons. The minimum Gasteiger partial charge on any atom is -0.393 e. The van der Waals surface area contributed by atoms with Crippen LogP contribution < -0.4 is 0 Å². The van der Waals surface area contributed by atoms with Crippen molar-refractivity contribution in [2.45, 2.75) is 139 Å². The molecule has 2 nitrogen and oxygen atoms in total. The van der Waals surface area contributed by atoms with Gasteiger partial charge in [-0.1, -0.05) is 100 Å². The molecule has 0 radical (unpaired) electrons.